The Morgan fingerprint density at radius 3 is 2.12 bits per heavy atom. The summed E-state index contributed by atoms with van der Waals surface area (Å²) in [6.07, 6.45) is 0. The van der Waals surface area contributed by atoms with Gasteiger partial charge in [0.1, 0.15) is 22.3 Å². The first-order valence-corrected chi connectivity index (χ1v) is 5.47. The average molecular weight is 262 g/mol. The third-order valence-corrected chi connectivity index (χ3v) is 2.86. The van der Waals surface area contributed by atoms with Crippen LogP contribution in [0.15, 0.2) is 0 Å². The maximum Gasteiger partial charge on any atom is 0.137 e. The molecule has 0 fully saturated rings. The van der Waals surface area contributed by atoms with Crippen molar-refractivity contribution in [2.45, 2.75) is 19.4 Å². The number of hydrogen-bond donors (Lipinski definition) is 4. The Labute approximate surface area is 104 Å². The molecular weight excluding hydrogens is 246 g/mol. The quantitative estimate of drug-likeness (QED) is 0.552. The molecule has 0 atom stereocenters. The Morgan fingerprint density at radius 1 is 1.12 bits per heavy atom. The molecule has 17 heavy (non-hydrogen) atoms. The molecule has 0 aliphatic carbocycles. The molecule has 0 radical (unpaired) electrons. The molecule has 1 aromatic rings. The molecule has 0 spiro atoms. The first kappa shape index (κ1) is 14.1. The van der Waals surface area contributed by atoms with Crippen molar-refractivity contribution in [3.8, 4) is 0 Å². The Balaban J connectivity index is 3.09. The summed E-state index contributed by atoms with van der Waals surface area (Å²) in [6.45, 7) is 2.09. The molecule has 6 nitrogen and oxygen atoms in total. The molecule has 1 aromatic heterocycles. The molecule has 0 saturated heterocycles. The number of nitrogens with one attached hydrogen (secondary N) is 1. The van der Waals surface area contributed by atoms with E-state index >= 15 is 0 Å². The van der Waals surface area contributed by atoms with Gasteiger partial charge in [0.25, 0.3) is 0 Å². The van der Waals surface area contributed by atoms with Gasteiger partial charge in [-0.05, 0) is 13.8 Å². The number of aliphatic hydroxyl groups excluding tert-OH is 3. The fraction of sp³-hybridized carbons (Fsp3) is 0.600. The van der Waals surface area contributed by atoms with E-state index in [-0.39, 0.29) is 0 Å². The van der Waals surface area contributed by atoms with Gasteiger partial charge in [-0.15, -0.1) is 0 Å². The van der Waals surface area contributed by atoms with Crippen molar-refractivity contribution in [3.63, 3.8) is 0 Å². The average Bonchev–Trinajstić information content (AvgIpc) is 2.32. The zero-order valence-electron chi connectivity index (χ0n) is 9.74. The second-order valence-electron chi connectivity index (χ2n) is 3.91. The van der Waals surface area contributed by atoms with Crippen molar-refractivity contribution in [2.75, 3.05) is 25.1 Å². The molecular formula is C10H16ClN3O3. The van der Waals surface area contributed by atoms with E-state index in [4.69, 9.17) is 11.6 Å². The van der Waals surface area contributed by atoms with Gasteiger partial charge in [-0.3, -0.25) is 0 Å². The first-order chi connectivity index (χ1) is 7.98. The van der Waals surface area contributed by atoms with E-state index in [0.717, 1.165) is 0 Å². The van der Waals surface area contributed by atoms with E-state index in [1.54, 1.807) is 13.8 Å². The van der Waals surface area contributed by atoms with Gasteiger partial charge in [-0.1, -0.05) is 11.6 Å². The predicted molar refractivity (Wildman–Crippen MR) is 64.1 cm³/mol. The zero-order valence-corrected chi connectivity index (χ0v) is 10.5. The Morgan fingerprint density at radius 2 is 1.65 bits per heavy atom. The Kier molecular flexibility index (Phi) is 4.64. The highest BCUT2D eigenvalue weighted by atomic mass is 35.5. The smallest absolute Gasteiger partial charge is 0.137 e. The van der Waals surface area contributed by atoms with Crippen molar-refractivity contribution >= 4 is 17.4 Å². The summed E-state index contributed by atoms with van der Waals surface area (Å²) in [5.74, 6) is 0.852. The molecule has 4 N–H and O–H groups in total. The standard InChI is InChI=1S/C10H16ClN3O3/c1-6-8(11)12-7(2)13-9(6)14-10(3-15,4-16)5-17/h15-17H,3-5H2,1-2H3,(H,12,13,14). The van der Waals surface area contributed by atoms with Gasteiger partial charge in [-0.25, -0.2) is 9.97 Å². The predicted octanol–water partition coefficient (Wildman–Crippen LogP) is -0.126. The second kappa shape index (κ2) is 5.59. The van der Waals surface area contributed by atoms with Crippen LogP contribution in [-0.4, -0.2) is 50.6 Å². The molecule has 1 rings (SSSR count). The zero-order chi connectivity index (χ0) is 13.1. The molecule has 7 heteroatoms. The minimum atomic E-state index is -1.23. The summed E-state index contributed by atoms with van der Waals surface area (Å²) in [6, 6.07) is 0. The van der Waals surface area contributed by atoms with Crippen molar-refractivity contribution in [1.82, 2.24) is 9.97 Å². The van der Waals surface area contributed by atoms with Crippen LogP contribution in [0.5, 0.6) is 0 Å². The highest BCUT2D eigenvalue weighted by molar-refractivity contribution is 6.30. The third-order valence-electron chi connectivity index (χ3n) is 2.49. The van der Waals surface area contributed by atoms with Gasteiger partial charge in [0.15, 0.2) is 0 Å². The fourth-order valence-corrected chi connectivity index (χ4v) is 1.45. The molecule has 1 heterocycles. The number of rotatable bonds is 5. The van der Waals surface area contributed by atoms with Crippen molar-refractivity contribution in [3.05, 3.63) is 16.5 Å². The lowest BCUT2D eigenvalue weighted by molar-refractivity contribution is 0.0830. The first-order valence-electron chi connectivity index (χ1n) is 5.09. The summed E-state index contributed by atoms with van der Waals surface area (Å²) in [5, 5.41) is 30.7. The molecule has 0 bridgehead atoms. The number of aryl methyl sites for hydroxylation is 1. The summed E-state index contributed by atoms with van der Waals surface area (Å²) >= 11 is 5.90. The van der Waals surface area contributed by atoms with Crippen LogP contribution >= 0.6 is 11.6 Å². The van der Waals surface area contributed by atoms with Crippen LogP contribution in [0.25, 0.3) is 0 Å². The SMILES string of the molecule is Cc1nc(Cl)c(C)c(NC(CO)(CO)CO)n1. The topological polar surface area (TPSA) is 98.5 Å². The second-order valence-corrected chi connectivity index (χ2v) is 4.27. The highest BCUT2D eigenvalue weighted by Gasteiger charge is 2.29. The van der Waals surface area contributed by atoms with Crippen molar-refractivity contribution < 1.29 is 15.3 Å². The van der Waals surface area contributed by atoms with Crippen LogP contribution in [0.4, 0.5) is 5.82 Å². The van der Waals surface area contributed by atoms with Crippen LogP contribution in [-0.2, 0) is 0 Å². The molecule has 0 aromatic carbocycles. The lowest BCUT2D eigenvalue weighted by Crippen LogP contribution is -2.49. The number of anilines is 1. The lowest BCUT2D eigenvalue weighted by atomic mass is 10.0. The summed E-state index contributed by atoms with van der Waals surface area (Å²) < 4.78 is 0. The molecule has 0 unspecified atom stereocenters. The largest absolute Gasteiger partial charge is 0.394 e. The fourth-order valence-electron chi connectivity index (χ4n) is 1.24. The van der Waals surface area contributed by atoms with Gasteiger partial charge in [-0.2, -0.15) is 0 Å². The minimum Gasteiger partial charge on any atom is -0.394 e. The molecule has 0 amide bonds. The van der Waals surface area contributed by atoms with E-state index in [1.807, 2.05) is 0 Å². The van der Waals surface area contributed by atoms with E-state index in [0.29, 0.717) is 22.4 Å². The van der Waals surface area contributed by atoms with Gasteiger partial charge in [0.05, 0.1) is 19.8 Å². The van der Waals surface area contributed by atoms with Crippen LogP contribution in [0.2, 0.25) is 5.15 Å². The van der Waals surface area contributed by atoms with E-state index < -0.39 is 25.4 Å². The van der Waals surface area contributed by atoms with Gasteiger partial charge in [0, 0.05) is 5.56 Å². The van der Waals surface area contributed by atoms with Gasteiger partial charge in [0.2, 0.25) is 0 Å². The van der Waals surface area contributed by atoms with E-state index in [9.17, 15) is 15.3 Å². The van der Waals surface area contributed by atoms with Crippen LogP contribution in [0.1, 0.15) is 11.4 Å². The van der Waals surface area contributed by atoms with Crippen LogP contribution < -0.4 is 5.32 Å². The van der Waals surface area contributed by atoms with E-state index in [2.05, 4.69) is 15.3 Å². The number of aromatic nitrogens is 2. The van der Waals surface area contributed by atoms with Gasteiger partial charge < -0.3 is 20.6 Å². The van der Waals surface area contributed by atoms with Crippen LogP contribution in [0, 0.1) is 13.8 Å². The van der Waals surface area contributed by atoms with Crippen molar-refractivity contribution in [1.29, 1.82) is 0 Å². The Hall–Kier alpha value is -0.950. The van der Waals surface area contributed by atoms with Gasteiger partial charge >= 0.3 is 0 Å². The van der Waals surface area contributed by atoms with Crippen molar-refractivity contribution in [2.24, 2.45) is 0 Å². The number of aliphatic hydroxyl groups is 3. The monoisotopic (exact) mass is 261 g/mol. The molecule has 96 valence electrons. The summed E-state index contributed by atoms with van der Waals surface area (Å²) in [4.78, 5) is 8.09. The molecule has 0 aliphatic rings. The third kappa shape index (κ3) is 3.04. The lowest BCUT2D eigenvalue weighted by Gasteiger charge is -2.30. The Bertz CT molecular complexity index is 388. The molecule has 0 saturated carbocycles. The maximum absolute atomic E-state index is 9.21. The molecule has 0 aliphatic heterocycles. The highest BCUT2D eigenvalue weighted by Crippen LogP contribution is 2.22. The summed E-state index contributed by atoms with van der Waals surface area (Å²) in [5.41, 5.74) is -0.633. The van der Waals surface area contributed by atoms with E-state index in [1.165, 1.54) is 0 Å². The normalized spacial score (nSPS) is 11.6. The minimum absolute atomic E-state index is 0.294. The number of hydrogen-bond acceptors (Lipinski definition) is 6. The number of nitrogens with zero attached hydrogens (tertiary/aromatic N) is 2. The summed E-state index contributed by atoms with van der Waals surface area (Å²) in [7, 11) is 0. The van der Waals surface area contributed by atoms with Crippen LogP contribution in [0.3, 0.4) is 0 Å². The maximum atomic E-state index is 9.21. The number of halogens is 1.